The van der Waals surface area contributed by atoms with Gasteiger partial charge in [-0.1, -0.05) is 36.0 Å². The molecule has 6 heteroatoms. The Labute approximate surface area is 168 Å². The van der Waals surface area contributed by atoms with Crippen LogP contribution in [0.5, 0.6) is 5.75 Å². The molecule has 0 N–H and O–H groups in total. The Morgan fingerprint density at radius 3 is 2.64 bits per heavy atom. The molecule has 0 aromatic heterocycles. The molecule has 0 atom stereocenters. The number of carbonyl (C=O) groups excluding carboxylic acids is 3. The fourth-order valence-corrected chi connectivity index (χ4v) is 3.97. The Hall–Kier alpha value is -2.86. The molecule has 28 heavy (non-hydrogen) atoms. The van der Waals surface area contributed by atoms with Crippen molar-refractivity contribution in [1.82, 2.24) is 4.90 Å². The first-order valence-corrected chi connectivity index (χ1v) is 9.82. The SMILES string of the molecule is COc1ccc(C(C)=O)cc1CN1C(=O)CS/C1=C\C(=O)c1ccccc1C. The second kappa shape index (κ2) is 8.44. The standard InChI is InChI=1S/C22H21NO4S/c1-14-6-4-5-7-18(14)19(25)11-22-23(21(26)13-28-22)12-17-10-16(15(2)24)8-9-20(17)27-3/h4-11H,12-13H2,1-3H3/b22-11-. The zero-order valence-electron chi connectivity index (χ0n) is 16.0. The van der Waals surface area contributed by atoms with E-state index in [2.05, 4.69) is 0 Å². The molecular weight excluding hydrogens is 374 g/mol. The summed E-state index contributed by atoms with van der Waals surface area (Å²) < 4.78 is 5.38. The van der Waals surface area contributed by atoms with Gasteiger partial charge in [0.05, 0.1) is 24.4 Å². The van der Waals surface area contributed by atoms with Gasteiger partial charge in [-0.2, -0.15) is 0 Å². The van der Waals surface area contributed by atoms with Gasteiger partial charge in [0.1, 0.15) is 5.75 Å². The molecule has 1 saturated heterocycles. The molecule has 0 aliphatic carbocycles. The van der Waals surface area contributed by atoms with Crippen molar-refractivity contribution in [2.45, 2.75) is 20.4 Å². The Balaban J connectivity index is 1.91. The number of amides is 1. The van der Waals surface area contributed by atoms with Crippen molar-refractivity contribution in [2.75, 3.05) is 12.9 Å². The van der Waals surface area contributed by atoms with E-state index < -0.39 is 0 Å². The molecule has 3 rings (SSSR count). The number of ketones is 2. The van der Waals surface area contributed by atoms with E-state index in [4.69, 9.17) is 4.74 Å². The van der Waals surface area contributed by atoms with Crippen molar-refractivity contribution >= 4 is 29.2 Å². The lowest BCUT2D eigenvalue weighted by atomic mass is 10.0. The quantitative estimate of drug-likeness (QED) is 0.546. The number of methoxy groups -OCH3 is 1. The predicted molar refractivity (Wildman–Crippen MR) is 110 cm³/mol. The number of allylic oxidation sites excluding steroid dienone is 1. The van der Waals surface area contributed by atoms with Gasteiger partial charge >= 0.3 is 0 Å². The summed E-state index contributed by atoms with van der Waals surface area (Å²) in [6, 6.07) is 12.5. The fourth-order valence-electron chi connectivity index (χ4n) is 3.03. The van der Waals surface area contributed by atoms with E-state index in [1.165, 1.54) is 24.8 Å². The smallest absolute Gasteiger partial charge is 0.238 e. The van der Waals surface area contributed by atoms with Gasteiger partial charge in [0.25, 0.3) is 0 Å². The highest BCUT2D eigenvalue weighted by atomic mass is 32.2. The molecule has 2 aromatic carbocycles. The molecule has 0 spiro atoms. The van der Waals surface area contributed by atoms with Crippen LogP contribution in [0.3, 0.4) is 0 Å². The number of aryl methyl sites for hydroxylation is 1. The van der Waals surface area contributed by atoms with Gasteiger partial charge in [0.2, 0.25) is 5.91 Å². The van der Waals surface area contributed by atoms with Crippen molar-refractivity contribution in [3.63, 3.8) is 0 Å². The maximum Gasteiger partial charge on any atom is 0.238 e. The van der Waals surface area contributed by atoms with Crippen LogP contribution in [0, 0.1) is 6.92 Å². The summed E-state index contributed by atoms with van der Waals surface area (Å²) in [4.78, 5) is 38.4. The number of hydrogen-bond acceptors (Lipinski definition) is 5. The fraction of sp³-hybridized carbons (Fsp3) is 0.227. The third-order valence-electron chi connectivity index (χ3n) is 4.59. The van der Waals surface area contributed by atoms with Crippen LogP contribution in [0.1, 0.15) is 38.8 Å². The lowest BCUT2D eigenvalue weighted by Gasteiger charge is -2.19. The molecule has 0 unspecified atom stereocenters. The largest absolute Gasteiger partial charge is 0.496 e. The highest BCUT2D eigenvalue weighted by molar-refractivity contribution is 8.04. The normalized spacial score (nSPS) is 15.2. The zero-order chi connectivity index (χ0) is 20.3. The van der Waals surface area contributed by atoms with E-state index in [0.29, 0.717) is 21.9 Å². The summed E-state index contributed by atoms with van der Waals surface area (Å²) in [7, 11) is 1.55. The summed E-state index contributed by atoms with van der Waals surface area (Å²) >= 11 is 1.34. The molecule has 1 amide bonds. The third-order valence-corrected chi connectivity index (χ3v) is 5.62. The van der Waals surface area contributed by atoms with E-state index in [0.717, 1.165) is 11.1 Å². The highest BCUT2D eigenvalue weighted by Crippen LogP contribution is 2.33. The van der Waals surface area contributed by atoms with Crippen LogP contribution in [-0.4, -0.2) is 35.2 Å². The molecule has 0 radical (unpaired) electrons. The van der Waals surface area contributed by atoms with Gasteiger partial charge in [-0.3, -0.25) is 14.4 Å². The first-order valence-electron chi connectivity index (χ1n) is 8.83. The maximum absolute atomic E-state index is 12.7. The van der Waals surface area contributed by atoms with Crippen LogP contribution in [0.2, 0.25) is 0 Å². The number of thioether (sulfide) groups is 1. The van der Waals surface area contributed by atoms with Gasteiger partial charge in [0.15, 0.2) is 11.6 Å². The van der Waals surface area contributed by atoms with E-state index >= 15 is 0 Å². The summed E-state index contributed by atoms with van der Waals surface area (Å²) in [5, 5.41) is 0.605. The number of benzene rings is 2. The van der Waals surface area contributed by atoms with E-state index in [1.54, 1.807) is 36.3 Å². The lowest BCUT2D eigenvalue weighted by Crippen LogP contribution is -2.25. The number of nitrogens with zero attached hydrogens (tertiary/aromatic N) is 1. The number of carbonyl (C=O) groups is 3. The Morgan fingerprint density at radius 1 is 1.21 bits per heavy atom. The Morgan fingerprint density at radius 2 is 1.96 bits per heavy atom. The Kier molecular flexibility index (Phi) is 5.99. The summed E-state index contributed by atoms with van der Waals surface area (Å²) in [5.74, 6) is 0.603. The molecule has 144 valence electrons. The highest BCUT2D eigenvalue weighted by Gasteiger charge is 2.28. The van der Waals surface area contributed by atoms with Gasteiger partial charge in [-0.15, -0.1) is 0 Å². The minimum Gasteiger partial charge on any atom is -0.496 e. The molecule has 1 aliphatic heterocycles. The van der Waals surface area contributed by atoms with Crippen LogP contribution in [0.4, 0.5) is 0 Å². The van der Waals surface area contributed by atoms with Crippen molar-refractivity contribution in [1.29, 1.82) is 0 Å². The molecular formula is C22H21NO4S. The maximum atomic E-state index is 12.7. The van der Waals surface area contributed by atoms with E-state index in [-0.39, 0.29) is 29.8 Å². The molecule has 0 bridgehead atoms. The van der Waals surface area contributed by atoms with Crippen LogP contribution in [-0.2, 0) is 11.3 Å². The monoisotopic (exact) mass is 395 g/mol. The number of rotatable bonds is 6. The molecule has 0 saturated carbocycles. The predicted octanol–water partition coefficient (Wildman–Crippen LogP) is 4.01. The second-order valence-electron chi connectivity index (χ2n) is 6.51. The van der Waals surface area contributed by atoms with E-state index in [1.807, 2.05) is 25.1 Å². The number of Topliss-reactive ketones (excluding diaryl/α,β-unsaturated/α-hetero) is 1. The van der Waals surface area contributed by atoms with Gasteiger partial charge in [-0.05, 0) is 37.6 Å². The minimum atomic E-state index is -0.134. The molecule has 2 aromatic rings. The van der Waals surface area contributed by atoms with Gasteiger partial charge in [0, 0.05) is 22.8 Å². The van der Waals surface area contributed by atoms with Crippen LogP contribution >= 0.6 is 11.8 Å². The minimum absolute atomic E-state index is 0.0588. The van der Waals surface area contributed by atoms with Gasteiger partial charge in [-0.25, -0.2) is 0 Å². The van der Waals surface area contributed by atoms with E-state index in [9.17, 15) is 14.4 Å². The van der Waals surface area contributed by atoms with Crippen LogP contribution in [0.25, 0.3) is 0 Å². The number of hydrogen-bond donors (Lipinski definition) is 0. The van der Waals surface area contributed by atoms with Crippen molar-refractivity contribution in [3.8, 4) is 5.75 Å². The zero-order valence-corrected chi connectivity index (χ0v) is 16.8. The van der Waals surface area contributed by atoms with Crippen molar-refractivity contribution < 1.29 is 19.1 Å². The average molecular weight is 395 g/mol. The summed E-state index contributed by atoms with van der Waals surface area (Å²) in [6.07, 6.45) is 1.51. The first-order chi connectivity index (χ1) is 13.4. The Bertz CT molecular complexity index is 980. The second-order valence-corrected chi connectivity index (χ2v) is 7.51. The summed E-state index contributed by atoms with van der Waals surface area (Å²) in [5.41, 5.74) is 2.78. The topological polar surface area (TPSA) is 63.7 Å². The van der Waals surface area contributed by atoms with Crippen LogP contribution < -0.4 is 4.74 Å². The third kappa shape index (κ3) is 4.17. The molecule has 1 heterocycles. The summed E-state index contributed by atoms with van der Waals surface area (Å²) in [6.45, 7) is 3.62. The molecule has 1 fully saturated rings. The van der Waals surface area contributed by atoms with Crippen LogP contribution in [0.15, 0.2) is 53.6 Å². The van der Waals surface area contributed by atoms with Gasteiger partial charge < -0.3 is 9.64 Å². The van der Waals surface area contributed by atoms with Crippen molar-refractivity contribution in [2.24, 2.45) is 0 Å². The number of ether oxygens (including phenoxy) is 1. The molecule has 5 nitrogen and oxygen atoms in total. The lowest BCUT2D eigenvalue weighted by molar-refractivity contribution is -0.125. The average Bonchev–Trinajstić information content (AvgIpc) is 3.01. The molecule has 1 aliphatic rings. The first kappa shape index (κ1) is 19.9. The van der Waals surface area contributed by atoms with Crippen molar-refractivity contribution in [3.05, 3.63) is 75.8 Å².